The maximum Gasteiger partial charge on any atom is 0.276 e. The standard InChI is InChI=1S/C14H16N4O4/c1-8-13(15-7-22-8)14(20)18-3-4-21-6-11(18)10-5-12(19)17-9(2)16-10/h5,7,11H,3-4,6H2,1-2H3,(H,16,17,19)/t11-/m0/s1. The zero-order valence-corrected chi connectivity index (χ0v) is 12.3. The van der Waals surface area contributed by atoms with Gasteiger partial charge in [-0.1, -0.05) is 0 Å². The van der Waals surface area contributed by atoms with E-state index >= 15 is 0 Å². The van der Waals surface area contributed by atoms with Crippen molar-refractivity contribution in [1.82, 2.24) is 19.9 Å². The van der Waals surface area contributed by atoms with Gasteiger partial charge in [0.15, 0.2) is 12.1 Å². The van der Waals surface area contributed by atoms with Crippen LogP contribution in [0.4, 0.5) is 0 Å². The molecule has 2 aromatic heterocycles. The maximum atomic E-state index is 12.7. The lowest BCUT2D eigenvalue weighted by Gasteiger charge is -2.34. The van der Waals surface area contributed by atoms with Gasteiger partial charge in [0, 0.05) is 12.6 Å². The van der Waals surface area contributed by atoms with E-state index in [1.54, 1.807) is 18.7 Å². The SMILES string of the molecule is Cc1nc([C@@H]2COCCN2C(=O)c2ncoc2C)cc(=O)[nH]1. The monoisotopic (exact) mass is 304 g/mol. The highest BCUT2D eigenvalue weighted by molar-refractivity contribution is 5.93. The summed E-state index contributed by atoms with van der Waals surface area (Å²) in [5.41, 5.74) is 0.530. The van der Waals surface area contributed by atoms with E-state index in [1.807, 2.05) is 0 Å². The molecule has 0 spiro atoms. The lowest BCUT2D eigenvalue weighted by Crippen LogP contribution is -2.44. The van der Waals surface area contributed by atoms with Crippen LogP contribution < -0.4 is 5.56 Å². The second kappa shape index (κ2) is 5.72. The molecule has 1 amide bonds. The van der Waals surface area contributed by atoms with Crippen LogP contribution in [0.3, 0.4) is 0 Å². The first-order valence-corrected chi connectivity index (χ1v) is 6.93. The number of aromatic nitrogens is 3. The van der Waals surface area contributed by atoms with E-state index in [0.717, 1.165) is 0 Å². The van der Waals surface area contributed by atoms with Gasteiger partial charge in [0.05, 0.1) is 24.9 Å². The summed E-state index contributed by atoms with van der Waals surface area (Å²) in [7, 11) is 0. The Balaban J connectivity index is 1.96. The average Bonchev–Trinajstić information content (AvgIpc) is 2.91. The number of nitrogens with one attached hydrogen (secondary N) is 1. The molecule has 1 N–H and O–H groups in total. The molecule has 0 aliphatic carbocycles. The molecule has 1 aliphatic rings. The van der Waals surface area contributed by atoms with Crippen molar-refractivity contribution in [3.63, 3.8) is 0 Å². The number of hydrogen-bond acceptors (Lipinski definition) is 6. The van der Waals surface area contributed by atoms with Crippen LogP contribution in [0.25, 0.3) is 0 Å². The Labute approximate surface area is 126 Å². The van der Waals surface area contributed by atoms with E-state index in [2.05, 4.69) is 15.0 Å². The van der Waals surface area contributed by atoms with Gasteiger partial charge in [0.1, 0.15) is 11.6 Å². The number of carbonyl (C=O) groups is 1. The van der Waals surface area contributed by atoms with Crippen molar-refractivity contribution >= 4 is 5.91 Å². The second-order valence-corrected chi connectivity index (χ2v) is 5.10. The molecule has 2 aromatic rings. The number of aromatic amines is 1. The molecular weight excluding hydrogens is 288 g/mol. The minimum atomic E-state index is -0.418. The molecule has 0 aromatic carbocycles. The molecule has 3 rings (SSSR count). The van der Waals surface area contributed by atoms with Gasteiger partial charge in [0.2, 0.25) is 0 Å². The summed E-state index contributed by atoms with van der Waals surface area (Å²) in [5.74, 6) is 0.711. The summed E-state index contributed by atoms with van der Waals surface area (Å²) in [4.78, 5) is 36.8. The minimum Gasteiger partial charge on any atom is -0.448 e. The Hall–Kier alpha value is -2.48. The van der Waals surface area contributed by atoms with Crippen LogP contribution in [0.5, 0.6) is 0 Å². The third-order valence-corrected chi connectivity index (χ3v) is 3.56. The van der Waals surface area contributed by atoms with Crippen molar-refractivity contribution in [2.24, 2.45) is 0 Å². The number of ether oxygens (including phenoxy) is 1. The molecule has 1 aliphatic heterocycles. The predicted molar refractivity (Wildman–Crippen MR) is 75.4 cm³/mol. The van der Waals surface area contributed by atoms with Gasteiger partial charge in [-0.25, -0.2) is 9.97 Å². The summed E-state index contributed by atoms with van der Waals surface area (Å²) >= 11 is 0. The van der Waals surface area contributed by atoms with Crippen LogP contribution in [0.15, 0.2) is 21.7 Å². The number of nitrogens with zero attached hydrogens (tertiary/aromatic N) is 3. The Morgan fingerprint density at radius 1 is 1.45 bits per heavy atom. The van der Waals surface area contributed by atoms with E-state index in [9.17, 15) is 9.59 Å². The lowest BCUT2D eigenvalue weighted by atomic mass is 10.1. The maximum absolute atomic E-state index is 12.7. The van der Waals surface area contributed by atoms with Crippen LogP contribution >= 0.6 is 0 Å². The Bertz CT molecular complexity index is 751. The topological polar surface area (TPSA) is 101 Å². The van der Waals surface area contributed by atoms with Gasteiger partial charge in [-0.05, 0) is 13.8 Å². The molecule has 22 heavy (non-hydrogen) atoms. The van der Waals surface area contributed by atoms with Crippen LogP contribution in [0.1, 0.15) is 33.8 Å². The molecule has 3 heterocycles. The summed E-state index contributed by atoms with van der Waals surface area (Å²) < 4.78 is 10.5. The number of carbonyl (C=O) groups excluding carboxylic acids is 1. The van der Waals surface area contributed by atoms with E-state index in [4.69, 9.17) is 9.15 Å². The molecule has 0 unspecified atom stereocenters. The van der Waals surface area contributed by atoms with Crippen molar-refractivity contribution < 1.29 is 13.9 Å². The van der Waals surface area contributed by atoms with Gasteiger partial charge in [-0.2, -0.15) is 0 Å². The molecule has 1 saturated heterocycles. The number of H-pyrrole nitrogens is 1. The predicted octanol–water partition coefficient (Wildman–Crippen LogP) is 0.588. The van der Waals surface area contributed by atoms with Crippen LogP contribution in [-0.4, -0.2) is 45.5 Å². The minimum absolute atomic E-state index is 0.251. The van der Waals surface area contributed by atoms with Crippen molar-refractivity contribution in [2.45, 2.75) is 19.9 Å². The molecule has 8 heteroatoms. The number of oxazole rings is 1. The summed E-state index contributed by atoms with van der Waals surface area (Å²) in [6, 6.07) is 0.973. The van der Waals surface area contributed by atoms with Crippen molar-refractivity contribution in [3.05, 3.63) is 45.8 Å². The Morgan fingerprint density at radius 3 is 2.95 bits per heavy atom. The Kier molecular flexibility index (Phi) is 3.76. The molecule has 0 radical (unpaired) electrons. The molecular formula is C14H16N4O4. The van der Waals surface area contributed by atoms with E-state index in [-0.39, 0.29) is 17.2 Å². The molecule has 0 saturated carbocycles. The van der Waals surface area contributed by atoms with E-state index in [1.165, 1.54) is 12.5 Å². The smallest absolute Gasteiger partial charge is 0.276 e. The fraction of sp³-hybridized carbons (Fsp3) is 0.429. The zero-order valence-electron chi connectivity index (χ0n) is 12.3. The number of rotatable bonds is 2. The highest BCUT2D eigenvalue weighted by atomic mass is 16.5. The highest BCUT2D eigenvalue weighted by Gasteiger charge is 2.32. The fourth-order valence-corrected chi connectivity index (χ4v) is 2.51. The first-order valence-electron chi connectivity index (χ1n) is 6.93. The van der Waals surface area contributed by atoms with E-state index < -0.39 is 6.04 Å². The first kappa shape index (κ1) is 14.5. The molecule has 116 valence electrons. The molecule has 1 atom stereocenters. The van der Waals surface area contributed by atoms with Crippen molar-refractivity contribution in [1.29, 1.82) is 0 Å². The number of aryl methyl sites for hydroxylation is 2. The summed E-state index contributed by atoms with van der Waals surface area (Å²) in [5, 5.41) is 0. The molecule has 0 bridgehead atoms. The van der Waals surface area contributed by atoms with Gasteiger partial charge >= 0.3 is 0 Å². The second-order valence-electron chi connectivity index (χ2n) is 5.10. The van der Waals surface area contributed by atoms with Gasteiger partial charge in [0.25, 0.3) is 11.5 Å². The number of hydrogen-bond donors (Lipinski definition) is 1. The summed E-state index contributed by atoms with van der Waals surface area (Å²) in [6.45, 7) is 4.51. The average molecular weight is 304 g/mol. The third-order valence-electron chi connectivity index (χ3n) is 3.56. The van der Waals surface area contributed by atoms with Crippen LogP contribution in [0, 0.1) is 13.8 Å². The van der Waals surface area contributed by atoms with Gasteiger partial charge in [-0.3, -0.25) is 9.59 Å². The quantitative estimate of drug-likeness (QED) is 0.871. The van der Waals surface area contributed by atoms with Gasteiger partial charge in [-0.15, -0.1) is 0 Å². The zero-order chi connectivity index (χ0) is 15.7. The fourth-order valence-electron chi connectivity index (χ4n) is 2.51. The van der Waals surface area contributed by atoms with Crippen LogP contribution in [0.2, 0.25) is 0 Å². The number of morpholine rings is 1. The van der Waals surface area contributed by atoms with Crippen molar-refractivity contribution in [2.75, 3.05) is 19.8 Å². The van der Waals surface area contributed by atoms with Gasteiger partial charge < -0.3 is 19.0 Å². The lowest BCUT2D eigenvalue weighted by molar-refractivity contribution is -0.00437. The summed E-state index contributed by atoms with van der Waals surface area (Å²) in [6.07, 6.45) is 1.24. The largest absolute Gasteiger partial charge is 0.448 e. The first-order chi connectivity index (χ1) is 10.6. The normalized spacial score (nSPS) is 18.5. The number of amides is 1. The van der Waals surface area contributed by atoms with Crippen LogP contribution in [-0.2, 0) is 4.74 Å². The highest BCUT2D eigenvalue weighted by Crippen LogP contribution is 2.24. The molecule has 8 nitrogen and oxygen atoms in total. The Morgan fingerprint density at radius 2 is 2.27 bits per heavy atom. The molecule has 1 fully saturated rings. The third kappa shape index (κ3) is 2.64. The van der Waals surface area contributed by atoms with E-state index in [0.29, 0.717) is 37.0 Å². The van der Waals surface area contributed by atoms with Crippen molar-refractivity contribution in [3.8, 4) is 0 Å².